The van der Waals surface area contributed by atoms with Crippen molar-refractivity contribution in [1.29, 1.82) is 0 Å². The van der Waals surface area contributed by atoms with E-state index in [-0.39, 0.29) is 17.9 Å². The average molecular weight is 319 g/mol. The molecule has 1 aromatic rings. The summed E-state index contributed by atoms with van der Waals surface area (Å²) in [4.78, 5) is 26.6. The highest BCUT2D eigenvalue weighted by atomic mass is 16.5. The number of nitrogens with zero attached hydrogens (tertiary/aromatic N) is 1. The van der Waals surface area contributed by atoms with E-state index in [9.17, 15) is 9.59 Å². The number of para-hydroxylation sites is 1. The molecule has 1 atom stereocenters. The molecule has 0 fully saturated rings. The molecule has 1 aromatic carbocycles. The van der Waals surface area contributed by atoms with E-state index >= 15 is 0 Å². The van der Waals surface area contributed by atoms with Gasteiger partial charge in [0, 0.05) is 25.9 Å². The Hall–Kier alpha value is -2.08. The van der Waals surface area contributed by atoms with Crippen LogP contribution in [0.1, 0.15) is 19.4 Å². The Morgan fingerprint density at radius 2 is 2.04 bits per heavy atom. The number of rotatable bonds is 6. The Bertz CT molecular complexity index is 560. The Morgan fingerprint density at radius 3 is 2.74 bits per heavy atom. The number of benzene rings is 1. The fraction of sp³-hybridized carbons (Fsp3) is 0.529. The van der Waals surface area contributed by atoms with Gasteiger partial charge in [0.2, 0.25) is 5.91 Å². The number of hydrogen-bond acceptors (Lipinski definition) is 3. The van der Waals surface area contributed by atoms with Gasteiger partial charge in [0.05, 0.1) is 6.61 Å². The van der Waals surface area contributed by atoms with Crippen molar-refractivity contribution in [1.82, 2.24) is 10.6 Å². The summed E-state index contributed by atoms with van der Waals surface area (Å²) in [5, 5.41) is 5.47. The van der Waals surface area contributed by atoms with E-state index in [1.807, 2.05) is 38.1 Å². The van der Waals surface area contributed by atoms with Crippen molar-refractivity contribution in [3.8, 4) is 0 Å². The van der Waals surface area contributed by atoms with Gasteiger partial charge in [-0.15, -0.1) is 0 Å². The molecule has 0 aliphatic carbocycles. The number of anilines is 1. The number of nitrogens with one attached hydrogen (secondary N) is 2. The molecule has 126 valence electrons. The van der Waals surface area contributed by atoms with Crippen molar-refractivity contribution in [2.45, 2.75) is 26.3 Å². The van der Waals surface area contributed by atoms with Crippen LogP contribution in [-0.2, 0) is 16.0 Å². The van der Waals surface area contributed by atoms with E-state index in [1.165, 1.54) is 5.56 Å². The van der Waals surface area contributed by atoms with Crippen LogP contribution < -0.4 is 15.5 Å². The summed E-state index contributed by atoms with van der Waals surface area (Å²) >= 11 is 0. The third kappa shape index (κ3) is 4.22. The number of methoxy groups -OCH3 is 1. The summed E-state index contributed by atoms with van der Waals surface area (Å²) in [5.41, 5.74) is 2.12. The average Bonchev–Trinajstić information content (AvgIpc) is 2.96. The molecule has 1 unspecified atom stereocenters. The molecule has 0 bridgehead atoms. The van der Waals surface area contributed by atoms with Crippen molar-refractivity contribution in [2.24, 2.45) is 5.92 Å². The summed E-state index contributed by atoms with van der Waals surface area (Å²) in [5.74, 6) is -0.0599. The van der Waals surface area contributed by atoms with Crippen molar-refractivity contribution in [3.63, 3.8) is 0 Å². The summed E-state index contributed by atoms with van der Waals surface area (Å²) in [7, 11) is 1.57. The topological polar surface area (TPSA) is 70.7 Å². The number of hydrogen-bond donors (Lipinski definition) is 2. The molecule has 0 saturated heterocycles. The number of carbonyl (C=O) groups is 2. The van der Waals surface area contributed by atoms with Gasteiger partial charge in [-0.3, -0.25) is 4.79 Å². The maximum absolute atomic E-state index is 12.9. The lowest BCUT2D eigenvalue weighted by molar-refractivity contribution is -0.121. The molecule has 0 spiro atoms. The summed E-state index contributed by atoms with van der Waals surface area (Å²) in [6, 6.07) is 7.01. The zero-order chi connectivity index (χ0) is 16.8. The number of ether oxygens (including phenoxy) is 1. The van der Waals surface area contributed by atoms with E-state index in [4.69, 9.17) is 4.74 Å². The highest BCUT2D eigenvalue weighted by Crippen LogP contribution is 2.28. The summed E-state index contributed by atoms with van der Waals surface area (Å²) < 4.78 is 4.89. The van der Waals surface area contributed by atoms with Gasteiger partial charge in [-0.05, 0) is 24.0 Å². The molecule has 1 aliphatic heterocycles. The van der Waals surface area contributed by atoms with Gasteiger partial charge >= 0.3 is 6.03 Å². The Labute approximate surface area is 137 Å². The van der Waals surface area contributed by atoms with Crippen LogP contribution in [0, 0.1) is 5.92 Å². The van der Waals surface area contributed by atoms with Crippen LogP contribution >= 0.6 is 0 Å². The molecular weight excluding hydrogens is 294 g/mol. The maximum atomic E-state index is 12.9. The van der Waals surface area contributed by atoms with Crippen molar-refractivity contribution < 1.29 is 14.3 Å². The van der Waals surface area contributed by atoms with E-state index in [0.29, 0.717) is 19.7 Å². The van der Waals surface area contributed by atoms with Crippen molar-refractivity contribution in [2.75, 3.05) is 31.7 Å². The van der Waals surface area contributed by atoms with E-state index < -0.39 is 6.04 Å². The summed E-state index contributed by atoms with van der Waals surface area (Å²) in [6.45, 7) is 5.37. The SMILES string of the molecule is COCCNC(=O)NC(C(=O)N1CCc2ccccc21)C(C)C. The molecular formula is C17H25N3O3. The molecule has 1 aliphatic rings. The first kappa shape index (κ1) is 17.3. The minimum Gasteiger partial charge on any atom is -0.383 e. The molecule has 0 saturated carbocycles. The zero-order valence-electron chi connectivity index (χ0n) is 14.0. The van der Waals surface area contributed by atoms with Crippen LogP contribution in [0.3, 0.4) is 0 Å². The number of urea groups is 1. The summed E-state index contributed by atoms with van der Waals surface area (Å²) in [6.07, 6.45) is 0.854. The maximum Gasteiger partial charge on any atom is 0.315 e. The van der Waals surface area contributed by atoms with E-state index in [0.717, 1.165) is 12.1 Å². The van der Waals surface area contributed by atoms with Gasteiger partial charge in [0.1, 0.15) is 6.04 Å². The molecule has 1 heterocycles. The lowest BCUT2D eigenvalue weighted by atomic mass is 10.0. The van der Waals surface area contributed by atoms with Gasteiger partial charge in [0.15, 0.2) is 0 Å². The molecule has 2 rings (SSSR count). The minimum absolute atomic E-state index is 0.00318. The van der Waals surface area contributed by atoms with Crippen LogP contribution in [-0.4, -0.2) is 44.8 Å². The second kappa shape index (κ2) is 7.97. The van der Waals surface area contributed by atoms with Crippen molar-refractivity contribution in [3.05, 3.63) is 29.8 Å². The number of carbonyl (C=O) groups excluding carboxylic acids is 2. The number of amides is 3. The molecule has 2 N–H and O–H groups in total. The Kier molecular flexibility index (Phi) is 5.98. The highest BCUT2D eigenvalue weighted by molar-refractivity contribution is 6.00. The van der Waals surface area contributed by atoms with Crippen LogP contribution in [0.25, 0.3) is 0 Å². The molecule has 6 heteroatoms. The predicted molar refractivity (Wildman–Crippen MR) is 89.5 cm³/mol. The van der Waals surface area contributed by atoms with Gasteiger partial charge < -0.3 is 20.3 Å². The lowest BCUT2D eigenvalue weighted by Crippen LogP contribution is -2.53. The van der Waals surface area contributed by atoms with Gasteiger partial charge in [0.25, 0.3) is 0 Å². The Balaban J connectivity index is 2.03. The molecule has 0 aromatic heterocycles. The first-order valence-electron chi connectivity index (χ1n) is 7.97. The smallest absolute Gasteiger partial charge is 0.315 e. The third-order valence-corrected chi connectivity index (χ3v) is 3.96. The molecule has 6 nitrogen and oxygen atoms in total. The standard InChI is InChI=1S/C17H25N3O3/c1-12(2)15(19-17(22)18-9-11-23-3)16(21)20-10-8-13-6-4-5-7-14(13)20/h4-7,12,15H,8-11H2,1-3H3,(H2,18,19,22). The van der Waals surface area contributed by atoms with Gasteiger partial charge in [-0.2, -0.15) is 0 Å². The van der Waals surface area contributed by atoms with Crippen molar-refractivity contribution >= 4 is 17.6 Å². The predicted octanol–water partition coefficient (Wildman–Crippen LogP) is 1.55. The quantitative estimate of drug-likeness (QED) is 0.782. The van der Waals surface area contributed by atoms with Gasteiger partial charge in [-0.1, -0.05) is 32.0 Å². The first-order valence-corrected chi connectivity index (χ1v) is 7.97. The van der Waals surface area contributed by atoms with E-state index in [1.54, 1.807) is 12.0 Å². The van der Waals surface area contributed by atoms with Crippen LogP contribution in [0.2, 0.25) is 0 Å². The Morgan fingerprint density at radius 1 is 1.30 bits per heavy atom. The second-order valence-corrected chi connectivity index (χ2v) is 5.98. The normalized spacial score (nSPS) is 14.5. The monoisotopic (exact) mass is 319 g/mol. The third-order valence-electron chi connectivity index (χ3n) is 3.96. The zero-order valence-corrected chi connectivity index (χ0v) is 14.0. The molecule has 23 heavy (non-hydrogen) atoms. The second-order valence-electron chi connectivity index (χ2n) is 5.98. The van der Waals surface area contributed by atoms with E-state index in [2.05, 4.69) is 10.6 Å². The van der Waals surface area contributed by atoms with Crippen LogP contribution in [0.4, 0.5) is 10.5 Å². The van der Waals surface area contributed by atoms with Gasteiger partial charge in [-0.25, -0.2) is 4.79 Å². The van der Waals surface area contributed by atoms with Crippen LogP contribution in [0.5, 0.6) is 0 Å². The first-order chi connectivity index (χ1) is 11.0. The minimum atomic E-state index is -0.552. The highest BCUT2D eigenvalue weighted by Gasteiger charge is 2.32. The fourth-order valence-corrected chi connectivity index (χ4v) is 2.71. The largest absolute Gasteiger partial charge is 0.383 e. The van der Waals surface area contributed by atoms with Crippen LogP contribution in [0.15, 0.2) is 24.3 Å². The molecule has 3 amide bonds. The molecule has 0 radical (unpaired) electrons. The fourth-order valence-electron chi connectivity index (χ4n) is 2.71. The lowest BCUT2D eigenvalue weighted by Gasteiger charge is -2.27. The number of fused-ring (bicyclic) bond motifs is 1.